The van der Waals surface area contributed by atoms with E-state index in [1.165, 1.54) is 12.1 Å². The van der Waals surface area contributed by atoms with E-state index in [1.807, 2.05) is 19.1 Å². The molecule has 0 bridgehead atoms. The molecule has 112 valence electrons. The molecule has 6 heteroatoms. The summed E-state index contributed by atoms with van der Waals surface area (Å²) in [5.41, 5.74) is 1.14. The molecule has 0 spiro atoms. The molecule has 0 amide bonds. The Morgan fingerprint density at radius 3 is 2.19 bits per heavy atom. The summed E-state index contributed by atoms with van der Waals surface area (Å²) < 4.78 is 46.0. The molecule has 2 aromatic carbocycles. The van der Waals surface area contributed by atoms with E-state index in [9.17, 15) is 13.2 Å². The van der Waals surface area contributed by atoms with Crippen LogP contribution in [0.1, 0.15) is 12.5 Å². The molecule has 2 aromatic rings. The van der Waals surface area contributed by atoms with Crippen molar-refractivity contribution < 1.29 is 22.6 Å². The van der Waals surface area contributed by atoms with Crippen molar-refractivity contribution in [2.24, 2.45) is 0 Å². The second-order valence-corrected chi connectivity index (χ2v) is 4.65. The SMILES string of the molecule is CCc1ccc(Oc2ccc(Cl)c(OC(F)(F)F)c2)cc1. The minimum absolute atomic E-state index is 0.138. The average molecular weight is 317 g/mol. The molecule has 0 aliphatic carbocycles. The van der Waals surface area contributed by atoms with Crippen molar-refractivity contribution in [3.05, 3.63) is 53.1 Å². The van der Waals surface area contributed by atoms with Gasteiger partial charge in [-0.3, -0.25) is 0 Å². The van der Waals surface area contributed by atoms with Crippen LogP contribution in [0, 0.1) is 0 Å². The molecule has 0 atom stereocenters. The van der Waals surface area contributed by atoms with Crippen LogP contribution in [-0.4, -0.2) is 6.36 Å². The third-order valence-corrected chi connectivity index (χ3v) is 3.01. The molecule has 0 aliphatic rings. The maximum atomic E-state index is 12.2. The predicted octanol–water partition coefficient (Wildman–Crippen LogP) is 5.59. The van der Waals surface area contributed by atoms with Gasteiger partial charge in [0.25, 0.3) is 0 Å². The Bertz CT molecular complexity index is 609. The van der Waals surface area contributed by atoms with Gasteiger partial charge in [0.2, 0.25) is 0 Å². The molecule has 0 fully saturated rings. The Hall–Kier alpha value is -1.88. The lowest BCUT2D eigenvalue weighted by Gasteiger charge is -2.12. The average Bonchev–Trinajstić information content (AvgIpc) is 2.42. The molecule has 0 radical (unpaired) electrons. The van der Waals surface area contributed by atoms with Crippen LogP contribution in [0.4, 0.5) is 13.2 Å². The van der Waals surface area contributed by atoms with Crippen LogP contribution < -0.4 is 9.47 Å². The van der Waals surface area contributed by atoms with Gasteiger partial charge in [-0.05, 0) is 36.2 Å². The van der Waals surface area contributed by atoms with Gasteiger partial charge in [-0.2, -0.15) is 0 Å². The first-order chi connectivity index (χ1) is 9.87. The highest BCUT2D eigenvalue weighted by Gasteiger charge is 2.32. The van der Waals surface area contributed by atoms with Crippen LogP contribution in [0.3, 0.4) is 0 Å². The maximum absolute atomic E-state index is 12.2. The second-order valence-electron chi connectivity index (χ2n) is 4.24. The van der Waals surface area contributed by atoms with E-state index in [2.05, 4.69) is 4.74 Å². The van der Waals surface area contributed by atoms with E-state index in [4.69, 9.17) is 16.3 Å². The lowest BCUT2D eigenvalue weighted by Crippen LogP contribution is -2.17. The molecule has 0 saturated heterocycles. The molecule has 0 heterocycles. The first-order valence-corrected chi connectivity index (χ1v) is 6.57. The predicted molar refractivity (Wildman–Crippen MR) is 74.0 cm³/mol. The third kappa shape index (κ3) is 4.56. The zero-order valence-electron chi connectivity index (χ0n) is 11.1. The van der Waals surface area contributed by atoms with Gasteiger partial charge < -0.3 is 9.47 Å². The van der Waals surface area contributed by atoms with Crippen LogP contribution in [-0.2, 0) is 6.42 Å². The van der Waals surface area contributed by atoms with E-state index in [0.717, 1.165) is 18.1 Å². The summed E-state index contributed by atoms with van der Waals surface area (Å²) >= 11 is 5.66. The molecule has 0 N–H and O–H groups in total. The molecular weight excluding hydrogens is 305 g/mol. The van der Waals surface area contributed by atoms with Crippen LogP contribution in [0.25, 0.3) is 0 Å². The Labute approximate surface area is 125 Å². The standard InChI is InChI=1S/C15H12ClF3O2/c1-2-10-3-5-11(6-4-10)20-12-7-8-13(16)14(9-12)21-15(17,18)19/h3-9H,2H2,1H3. The fourth-order valence-corrected chi connectivity index (χ4v) is 1.84. The molecular formula is C15H12ClF3O2. The Morgan fingerprint density at radius 1 is 1.00 bits per heavy atom. The van der Waals surface area contributed by atoms with Crippen molar-refractivity contribution in [2.45, 2.75) is 19.7 Å². The Kier molecular flexibility index (Phi) is 4.63. The highest BCUT2D eigenvalue weighted by Crippen LogP contribution is 2.34. The lowest BCUT2D eigenvalue weighted by atomic mass is 10.2. The van der Waals surface area contributed by atoms with Crippen molar-refractivity contribution in [2.75, 3.05) is 0 Å². The summed E-state index contributed by atoms with van der Waals surface area (Å²) in [7, 11) is 0. The van der Waals surface area contributed by atoms with Crippen molar-refractivity contribution in [3.63, 3.8) is 0 Å². The number of benzene rings is 2. The van der Waals surface area contributed by atoms with Gasteiger partial charge in [0.1, 0.15) is 11.5 Å². The maximum Gasteiger partial charge on any atom is 0.573 e. The van der Waals surface area contributed by atoms with Gasteiger partial charge >= 0.3 is 6.36 Å². The first kappa shape index (κ1) is 15.5. The van der Waals surface area contributed by atoms with Crippen molar-refractivity contribution in [1.82, 2.24) is 0 Å². The van der Waals surface area contributed by atoms with Crippen molar-refractivity contribution >= 4 is 11.6 Å². The summed E-state index contributed by atoms with van der Waals surface area (Å²) in [6.45, 7) is 2.02. The summed E-state index contributed by atoms with van der Waals surface area (Å²) in [4.78, 5) is 0. The molecule has 0 unspecified atom stereocenters. The van der Waals surface area contributed by atoms with E-state index < -0.39 is 12.1 Å². The number of ether oxygens (including phenoxy) is 2. The molecule has 0 saturated carbocycles. The number of alkyl halides is 3. The van der Waals surface area contributed by atoms with E-state index in [1.54, 1.807) is 12.1 Å². The zero-order valence-corrected chi connectivity index (χ0v) is 11.8. The summed E-state index contributed by atoms with van der Waals surface area (Å²) in [6, 6.07) is 11.1. The van der Waals surface area contributed by atoms with Crippen LogP contribution in [0.2, 0.25) is 5.02 Å². The zero-order chi connectivity index (χ0) is 15.5. The number of aryl methyl sites for hydroxylation is 1. The smallest absolute Gasteiger partial charge is 0.457 e. The van der Waals surface area contributed by atoms with E-state index in [-0.39, 0.29) is 10.8 Å². The molecule has 2 nitrogen and oxygen atoms in total. The number of hydrogen-bond donors (Lipinski definition) is 0. The van der Waals surface area contributed by atoms with Gasteiger partial charge in [-0.1, -0.05) is 30.7 Å². The molecule has 0 aromatic heterocycles. The molecule has 21 heavy (non-hydrogen) atoms. The van der Waals surface area contributed by atoms with Crippen molar-refractivity contribution in [3.8, 4) is 17.2 Å². The van der Waals surface area contributed by atoms with E-state index >= 15 is 0 Å². The summed E-state index contributed by atoms with van der Waals surface area (Å²) in [5.74, 6) is 0.238. The van der Waals surface area contributed by atoms with Gasteiger partial charge in [0, 0.05) is 6.07 Å². The Balaban J connectivity index is 2.18. The van der Waals surface area contributed by atoms with Gasteiger partial charge in [-0.15, -0.1) is 13.2 Å². The minimum Gasteiger partial charge on any atom is -0.457 e. The van der Waals surface area contributed by atoms with Gasteiger partial charge in [0.05, 0.1) is 5.02 Å². The normalized spacial score (nSPS) is 11.3. The second kappa shape index (κ2) is 6.26. The summed E-state index contributed by atoms with van der Waals surface area (Å²) in [6.07, 6.45) is -3.91. The highest BCUT2D eigenvalue weighted by atomic mass is 35.5. The fraction of sp³-hybridized carbons (Fsp3) is 0.200. The molecule has 0 aliphatic heterocycles. The Morgan fingerprint density at radius 2 is 1.62 bits per heavy atom. The van der Waals surface area contributed by atoms with Gasteiger partial charge in [0.15, 0.2) is 5.75 Å². The quantitative estimate of drug-likeness (QED) is 0.731. The summed E-state index contributed by atoms with van der Waals surface area (Å²) in [5, 5.41) is -0.138. The number of rotatable bonds is 4. The highest BCUT2D eigenvalue weighted by molar-refractivity contribution is 6.32. The first-order valence-electron chi connectivity index (χ1n) is 6.19. The number of hydrogen-bond acceptors (Lipinski definition) is 2. The van der Waals surface area contributed by atoms with Gasteiger partial charge in [-0.25, -0.2) is 0 Å². The topological polar surface area (TPSA) is 18.5 Å². The minimum atomic E-state index is -4.80. The monoisotopic (exact) mass is 316 g/mol. The van der Waals surface area contributed by atoms with Crippen LogP contribution in [0.5, 0.6) is 17.2 Å². The van der Waals surface area contributed by atoms with Crippen LogP contribution >= 0.6 is 11.6 Å². The largest absolute Gasteiger partial charge is 0.573 e. The van der Waals surface area contributed by atoms with Crippen molar-refractivity contribution in [1.29, 1.82) is 0 Å². The third-order valence-electron chi connectivity index (χ3n) is 2.70. The molecule has 2 rings (SSSR count). The van der Waals surface area contributed by atoms with E-state index in [0.29, 0.717) is 5.75 Å². The lowest BCUT2D eigenvalue weighted by molar-refractivity contribution is -0.274. The van der Waals surface area contributed by atoms with Crippen LogP contribution in [0.15, 0.2) is 42.5 Å². The number of halogens is 4. The fourth-order valence-electron chi connectivity index (χ4n) is 1.68.